The van der Waals surface area contributed by atoms with Crippen LogP contribution in [0.3, 0.4) is 0 Å². The van der Waals surface area contributed by atoms with Crippen molar-refractivity contribution in [1.82, 2.24) is 5.32 Å². The van der Waals surface area contributed by atoms with Crippen molar-refractivity contribution >= 4 is 11.3 Å². The minimum atomic E-state index is 0.327. The van der Waals surface area contributed by atoms with Gasteiger partial charge in [-0.25, -0.2) is 0 Å². The summed E-state index contributed by atoms with van der Waals surface area (Å²) >= 11 is 1.79. The number of rotatable bonds is 8. The Hall–Kier alpha value is -1.32. The highest BCUT2D eigenvalue weighted by Gasteiger charge is 2.10. The predicted octanol–water partition coefficient (Wildman–Crippen LogP) is 4.43. The molecule has 3 heteroatoms. The maximum atomic E-state index is 5.98. The van der Waals surface area contributed by atoms with Crippen LogP contribution in [-0.2, 0) is 6.42 Å². The average Bonchev–Trinajstić information content (AvgIpc) is 2.98. The van der Waals surface area contributed by atoms with Crippen molar-refractivity contribution in [3.05, 3.63) is 52.2 Å². The van der Waals surface area contributed by atoms with Crippen molar-refractivity contribution in [2.45, 2.75) is 32.7 Å². The summed E-state index contributed by atoms with van der Waals surface area (Å²) in [6.07, 6.45) is 2.12. The van der Waals surface area contributed by atoms with E-state index in [9.17, 15) is 0 Å². The monoisotopic (exact) mass is 289 g/mol. The van der Waals surface area contributed by atoms with Crippen molar-refractivity contribution in [2.24, 2.45) is 0 Å². The van der Waals surface area contributed by atoms with Crippen LogP contribution in [0.15, 0.2) is 41.8 Å². The Balaban J connectivity index is 1.93. The van der Waals surface area contributed by atoms with Crippen molar-refractivity contribution in [3.8, 4) is 5.75 Å². The molecule has 0 aliphatic carbocycles. The van der Waals surface area contributed by atoms with E-state index in [1.54, 1.807) is 11.3 Å². The lowest BCUT2D eigenvalue weighted by Gasteiger charge is -2.18. The standard InChI is InChI=1S/C17H23NOS/c1-3-11-18-14(2)16-8-4-5-9-17(16)19-12-10-15-7-6-13-20-15/h4-9,13-14,18H,3,10-12H2,1-2H3. The fraction of sp³-hybridized carbons (Fsp3) is 0.412. The Bertz CT molecular complexity index is 495. The normalized spacial score (nSPS) is 12.3. The SMILES string of the molecule is CCCNC(C)c1ccccc1OCCc1cccs1. The molecular weight excluding hydrogens is 266 g/mol. The lowest BCUT2D eigenvalue weighted by Crippen LogP contribution is -2.20. The number of para-hydroxylation sites is 1. The van der Waals surface area contributed by atoms with Gasteiger partial charge in [-0.2, -0.15) is 0 Å². The van der Waals surface area contributed by atoms with Crippen molar-refractivity contribution in [3.63, 3.8) is 0 Å². The fourth-order valence-electron chi connectivity index (χ4n) is 2.16. The highest BCUT2D eigenvalue weighted by molar-refractivity contribution is 7.09. The molecule has 1 aromatic carbocycles. The molecule has 0 saturated carbocycles. The minimum absolute atomic E-state index is 0.327. The second-order valence-corrected chi connectivity index (χ2v) is 5.92. The van der Waals surface area contributed by atoms with E-state index >= 15 is 0 Å². The molecular formula is C17H23NOS. The van der Waals surface area contributed by atoms with Gasteiger partial charge in [0.2, 0.25) is 0 Å². The van der Waals surface area contributed by atoms with Gasteiger partial charge < -0.3 is 10.1 Å². The number of hydrogen-bond acceptors (Lipinski definition) is 3. The smallest absolute Gasteiger partial charge is 0.124 e. The van der Waals surface area contributed by atoms with Gasteiger partial charge in [-0.3, -0.25) is 0 Å². The van der Waals surface area contributed by atoms with E-state index in [0.29, 0.717) is 6.04 Å². The van der Waals surface area contributed by atoms with E-state index in [2.05, 4.69) is 54.9 Å². The molecule has 1 atom stereocenters. The maximum Gasteiger partial charge on any atom is 0.124 e. The Kier molecular flexibility index (Phi) is 6.09. The Morgan fingerprint density at radius 1 is 1.20 bits per heavy atom. The Morgan fingerprint density at radius 2 is 2.05 bits per heavy atom. The molecule has 0 spiro atoms. The van der Waals surface area contributed by atoms with Gasteiger partial charge in [-0.1, -0.05) is 31.2 Å². The van der Waals surface area contributed by atoms with E-state index in [1.165, 1.54) is 10.4 Å². The molecule has 2 rings (SSSR count). The molecule has 1 unspecified atom stereocenters. The Morgan fingerprint density at radius 3 is 2.80 bits per heavy atom. The molecule has 0 amide bonds. The second-order valence-electron chi connectivity index (χ2n) is 4.89. The third-order valence-corrected chi connectivity index (χ3v) is 4.21. The first-order valence-electron chi connectivity index (χ1n) is 7.28. The zero-order valence-corrected chi connectivity index (χ0v) is 13.1. The lowest BCUT2D eigenvalue weighted by molar-refractivity contribution is 0.316. The van der Waals surface area contributed by atoms with Gasteiger partial charge in [0.15, 0.2) is 0 Å². The average molecular weight is 289 g/mol. The van der Waals surface area contributed by atoms with Gasteiger partial charge in [0.05, 0.1) is 6.61 Å². The first kappa shape index (κ1) is 15.1. The molecule has 1 aromatic heterocycles. The summed E-state index contributed by atoms with van der Waals surface area (Å²) in [5.74, 6) is 1.00. The molecule has 108 valence electrons. The predicted molar refractivity (Wildman–Crippen MR) is 86.7 cm³/mol. The topological polar surface area (TPSA) is 21.3 Å². The zero-order chi connectivity index (χ0) is 14.2. The first-order chi connectivity index (χ1) is 9.81. The quantitative estimate of drug-likeness (QED) is 0.776. The first-order valence-corrected chi connectivity index (χ1v) is 8.16. The van der Waals surface area contributed by atoms with Crippen LogP contribution in [0, 0.1) is 0 Å². The summed E-state index contributed by atoms with van der Waals surface area (Å²) in [6, 6.07) is 12.9. The molecule has 2 aromatic rings. The summed E-state index contributed by atoms with van der Waals surface area (Å²) in [5.41, 5.74) is 1.24. The molecule has 0 fully saturated rings. The summed E-state index contributed by atoms with van der Waals surface area (Å²) < 4.78 is 5.98. The van der Waals surface area contributed by atoms with Crippen molar-refractivity contribution < 1.29 is 4.74 Å². The van der Waals surface area contributed by atoms with E-state index in [4.69, 9.17) is 4.74 Å². The summed E-state index contributed by atoms with van der Waals surface area (Å²) in [6.45, 7) is 6.14. The largest absolute Gasteiger partial charge is 0.493 e. The van der Waals surface area contributed by atoms with Crippen LogP contribution in [0.2, 0.25) is 0 Å². The van der Waals surface area contributed by atoms with E-state index < -0.39 is 0 Å². The van der Waals surface area contributed by atoms with Gasteiger partial charge in [0.1, 0.15) is 5.75 Å². The molecule has 20 heavy (non-hydrogen) atoms. The number of thiophene rings is 1. The number of hydrogen-bond donors (Lipinski definition) is 1. The van der Waals surface area contributed by atoms with E-state index in [-0.39, 0.29) is 0 Å². The van der Waals surface area contributed by atoms with Crippen LogP contribution >= 0.6 is 11.3 Å². The van der Waals surface area contributed by atoms with Gasteiger partial charge in [0.25, 0.3) is 0 Å². The zero-order valence-electron chi connectivity index (χ0n) is 12.3. The fourth-order valence-corrected chi connectivity index (χ4v) is 2.85. The number of benzene rings is 1. The van der Waals surface area contributed by atoms with Crippen LogP contribution in [0.1, 0.15) is 36.8 Å². The van der Waals surface area contributed by atoms with E-state index in [1.807, 2.05) is 6.07 Å². The van der Waals surface area contributed by atoms with Gasteiger partial charge in [0, 0.05) is 22.9 Å². The minimum Gasteiger partial charge on any atom is -0.493 e. The maximum absolute atomic E-state index is 5.98. The van der Waals surface area contributed by atoms with Crippen molar-refractivity contribution in [2.75, 3.05) is 13.2 Å². The molecule has 2 nitrogen and oxygen atoms in total. The van der Waals surface area contributed by atoms with E-state index in [0.717, 1.165) is 31.7 Å². The molecule has 0 bridgehead atoms. The van der Waals surface area contributed by atoms with Gasteiger partial charge in [-0.05, 0) is 37.4 Å². The van der Waals surface area contributed by atoms with Crippen LogP contribution in [0.25, 0.3) is 0 Å². The molecule has 1 N–H and O–H groups in total. The van der Waals surface area contributed by atoms with Gasteiger partial charge in [-0.15, -0.1) is 11.3 Å². The molecule has 0 radical (unpaired) electrons. The van der Waals surface area contributed by atoms with Crippen LogP contribution in [0.5, 0.6) is 5.75 Å². The summed E-state index contributed by atoms with van der Waals surface area (Å²) in [5, 5.41) is 5.63. The molecule has 0 saturated heterocycles. The molecule has 0 aliphatic heterocycles. The summed E-state index contributed by atoms with van der Waals surface area (Å²) in [4.78, 5) is 1.37. The van der Waals surface area contributed by atoms with Gasteiger partial charge >= 0.3 is 0 Å². The Labute approximate surface area is 125 Å². The third-order valence-electron chi connectivity index (χ3n) is 3.27. The lowest BCUT2D eigenvalue weighted by atomic mass is 10.1. The van der Waals surface area contributed by atoms with Crippen LogP contribution in [-0.4, -0.2) is 13.2 Å². The molecule has 1 heterocycles. The van der Waals surface area contributed by atoms with Crippen LogP contribution in [0.4, 0.5) is 0 Å². The highest BCUT2D eigenvalue weighted by Crippen LogP contribution is 2.25. The number of nitrogens with one attached hydrogen (secondary N) is 1. The van der Waals surface area contributed by atoms with Crippen LogP contribution < -0.4 is 10.1 Å². The number of ether oxygens (including phenoxy) is 1. The second kappa shape index (κ2) is 8.08. The third kappa shape index (κ3) is 4.36. The van der Waals surface area contributed by atoms with Crippen molar-refractivity contribution in [1.29, 1.82) is 0 Å². The molecule has 0 aliphatic rings. The summed E-state index contributed by atoms with van der Waals surface area (Å²) in [7, 11) is 0. The highest BCUT2D eigenvalue weighted by atomic mass is 32.1.